The summed E-state index contributed by atoms with van der Waals surface area (Å²) >= 11 is 4.09. The molecule has 4 nitrogen and oxygen atoms in total. The van der Waals surface area contributed by atoms with Crippen molar-refractivity contribution in [3.8, 4) is 5.75 Å². The number of amides is 1. The molecule has 0 saturated heterocycles. The Morgan fingerprint density at radius 3 is 2.37 bits per heavy atom. The molecule has 1 aromatic rings. The van der Waals surface area contributed by atoms with Gasteiger partial charge < -0.3 is 15.5 Å². The van der Waals surface area contributed by atoms with Crippen molar-refractivity contribution in [1.82, 2.24) is 5.32 Å². The second-order valence-corrected chi connectivity index (χ2v) is 6.79. The van der Waals surface area contributed by atoms with Crippen LogP contribution in [0, 0.1) is 7.14 Å². The van der Waals surface area contributed by atoms with Gasteiger partial charge in [0, 0.05) is 3.57 Å². The van der Waals surface area contributed by atoms with E-state index in [1.165, 1.54) is 0 Å². The third-order valence-electron chi connectivity index (χ3n) is 3.31. The highest BCUT2D eigenvalue weighted by molar-refractivity contribution is 14.1. The van der Waals surface area contributed by atoms with Gasteiger partial charge in [-0.1, -0.05) is 13.8 Å². The molecule has 3 N–H and O–H groups in total. The number of aromatic hydroxyl groups is 1. The Hall–Kier alpha value is -0.0900. The van der Waals surface area contributed by atoms with Gasteiger partial charge in [0.15, 0.2) is 0 Å². The van der Waals surface area contributed by atoms with Crippen molar-refractivity contribution in [2.75, 3.05) is 6.61 Å². The van der Waals surface area contributed by atoms with Crippen LogP contribution in [0.4, 0.5) is 0 Å². The number of carbonyl (C=O) groups is 1. The minimum absolute atomic E-state index is 0.0161. The van der Waals surface area contributed by atoms with Gasteiger partial charge in [0.05, 0.1) is 21.3 Å². The molecule has 1 amide bonds. The van der Waals surface area contributed by atoms with Crippen LogP contribution in [0.5, 0.6) is 5.75 Å². The van der Waals surface area contributed by atoms with Gasteiger partial charge in [0.1, 0.15) is 5.75 Å². The van der Waals surface area contributed by atoms with Crippen LogP contribution in [0.15, 0.2) is 12.1 Å². The van der Waals surface area contributed by atoms with Gasteiger partial charge in [-0.3, -0.25) is 4.79 Å². The number of hydrogen-bond donors (Lipinski definition) is 3. The molecule has 0 aromatic heterocycles. The minimum Gasteiger partial charge on any atom is -0.506 e. The van der Waals surface area contributed by atoms with Crippen molar-refractivity contribution in [2.45, 2.75) is 32.2 Å². The third kappa shape index (κ3) is 3.94. The standard InChI is InChI=1S/C13H17I2NO3/c1-3-13(4-2,7-17)16-12(19)9-5-8(14)6-10(15)11(9)18/h5-6,17-18H,3-4,7H2,1-2H3,(H,16,19). The van der Waals surface area contributed by atoms with E-state index in [1.807, 2.05) is 36.4 Å². The van der Waals surface area contributed by atoms with Gasteiger partial charge in [-0.25, -0.2) is 0 Å². The quantitative estimate of drug-likeness (QED) is 0.558. The van der Waals surface area contributed by atoms with Gasteiger partial charge >= 0.3 is 0 Å². The first-order valence-electron chi connectivity index (χ1n) is 6.00. The zero-order chi connectivity index (χ0) is 14.6. The van der Waals surface area contributed by atoms with E-state index in [2.05, 4.69) is 27.9 Å². The summed E-state index contributed by atoms with van der Waals surface area (Å²) in [7, 11) is 0. The molecule has 0 aliphatic heterocycles. The number of nitrogens with one attached hydrogen (secondary N) is 1. The summed E-state index contributed by atoms with van der Waals surface area (Å²) in [5, 5.41) is 22.3. The Bertz CT molecular complexity index is 465. The highest BCUT2D eigenvalue weighted by Crippen LogP contribution is 2.27. The summed E-state index contributed by atoms with van der Waals surface area (Å²) in [5.41, 5.74) is -0.382. The lowest BCUT2D eigenvalue weighted by Crippen LogP contribution is -2.50. The molecule has 0 fully saturated rings. The highest BCUT2D eigenvalue weighted by Gasteiger charge is 2.28. The van der Waals surface area contributed by atoms with E-state index in [0.29, 0.717) is 16.4 Å². The molecular formula is C13H17I2NO3. The fourth-order valence-corrected chi connectivity index (χ4v) is 3.58. The van der Waals surface area contributed by atoms with Crippen LogP contribution in [-0.4, -0.2) is 28.3 Å². The maximum atomic E-state index is 12.3. The van der Waals surface area contributed by atoms with Crippen molar-refractivity contribution in [3.63, 3.8) is 0 Å². The molecule has 1 aromatic carbocycles. The molecule has 0 spiro atoms. The smallest absolute Gasteiger partial charge is 0.255 e. The summed E-state index contributed by atoms with van der Waals surface area (Å²) in [6.45, 7) is 3.71. The number of rotatable bonds is 5. The average molecular weight is 489 g/mol. The van der Waals surface area contributed by atoms with E-state index in [9.17, 15) is 15.0 Å². The first-order valence-corrected chi connectivity index (χ1v) is 8.16. The van der Waals surface area contributed by atoms with E-state index in [-0.39, 0.29) is 23.8 Å². The average Bonchev–Trinajstić information content (AvgIpc) is 2.40. The van der Waals surface area contributed by atoms with Crippen molar-refractivity contribution < 1.29 is 15.0 Å². The second-order valence-electron chi connectivity index (χ2n) is 4.38. The maximum Gasteiger partial charge on any atom is 0.255 e. The van der Waals surface area contributed by atoms with Crippen LogP contribution in [0.1, 0.15) is 37.0 Å². The fraction of sp³-hybridized carbons (Fsp3) is 0.462. The van der Waals surface area contributed by atoms with Gasteiger partial charge in [-0.2, -0.15) is 0 Å². The summed E-state index contributed by atoms with van der Waals surface area (Å²) in [4.78, 5) is 12.3. The molecule has 106 valence electrons. The predicted octanol–water partition coefficient (Wildman–Crippen LogP) is 2.88. The number of benzene rings is 1. The molecular weight excluding hydrogens is 472 g/mol. The van der Waals surface area contributed by atoms with Crippen molar-refractivity contribution >= 4 is 51.1 Å². The largest absolute Gasteiger partial charge is 0.506 e. The van der Waals surface area contributed by atoms with Crippen LogP contribution < -0.4 is 5.32 Å². The summed E-state index contributed by atoms with van der Waals surface area (Å²) < 4.78 is 1.52. The summed E-state index contributed by atoms with van der Waals surface area (Å²) in [5.74, 6) is -0.371. The second kappa shape index (κ2) is 7.07. The lowest BCUT2D eigenvalue weighted by Gasteiger charge is -2.30. The lowest BCUT2D eigenvalue weighted by molar-refractivity contribution is 0.0815. The van der Waals surface area contributed by atoms with Gasteiger partial charge in [-0.15, -0.1) is 0 Å². The predicted molar refractivity (Wildman–Crippen MR) is 91.4 cm³/mol. The summed E-state index contributed by atoms with van der Waals surface area (Å²) in [6.07, 6.45) is 1.26. The van der Waals surface area contributed by atoms with E-state index in [1.54, 1.807) is 12.1 Å². The molecule has 0 unspecified atom stereocenters. The Morgan fingerprint density at radius 2 is 1.89 bits per heavy atom. The molecule has 0 radical (unpaired) electrons. The van der Waals surface area contributed by atoms with Crippen LogP contribution >= 0.6 is 45.2 Å². The topological polar surface area (TPSA) is 69.6 Å². The zero-order valence-electron chi connectivity index (χ0n) is 10.8. The molecule has 19 heavy (non-hydrogen) atoms. The number of aliphatic hydroxyl groups excluding tert-OH is 1. The number of hydrogen-bond acceptors (Lipinski definition) is 3. The van der Waals surface area contributed by atoms with Crippen molar-refractivity contribution in [1.29, 1.82) is 0 Å². The SMILES string of the molecule is CCC(CC)(CO)NC(=O)c1cc(I)cc(I)c1O. The van der Waals surface area contributed by atoms with E-state index < -0.39 is 5.54 Å². The maximum absolute atomic E-state index is 12.3. The highest BCUT2D eigenvalue weighted by atomic mass is 127. The first kappa shape index (κ1) is 17.0. The molecule has 1 rings (SSSR count). The Kier molecular flexibility index (Phi) is 6.31. The molecule has 0 saturated carbocycles. The summed E-state index contributed by atoms with van der Waals surface area (Å²) in [6, 6.07) is 3.44. The minimum atomic E-state index is -0.629. The number of carbonyl (C=O) groups excluding carboxylic acids is 1. The Balaban J connectivity index is 3.08. The number of aliphatic hydroxyl groups is 1. The van der Waals surface area contributed by atoms with Crippen molar-refractivity contribution in [3.05, 3.63) is 24.8 Å². The number of phenolic OH excluding ortho intramolecular Hbond substituents is 1. The van der Waals surface area contributed by atoms with Crippen LogP contribution in [0.2, 0.25) is 0 Å². The van der Waals surface area contributed by atoms with Gasteiger partial charge in [0.25, 0.3) is 5.91 Å². The van der Waals surface area contributed by atoms with Crippen LogP contribution in [0.3, 0.4) is 0 Å². The Labute approximate surface area is 140 Å². The molecule has 6 heteroatoms. The van der Waals surface area contributed by atoms with Gasteiger partial charge in [-0.05, 0) is 70.2 Å². The normalized spacial score (nSPS) is 11.4. The Morgan fingerprint density at radius 1 is 1.32 bits per heavy atom. The molecule has 0 bridgehead atoms. The number of halogens is 2. The fourth-order valence-electron chi connectivity index (χ4n) is 1.74. The van der Waals surface area contributed by atoms with Gasteiger partial charge in [0.2, 0.25) is 0 Å². The molecule has 0 atom stereocenters. The third-order valence-corrected chi connectivity index (χ3v) is 4.75. The first-order chi connectivity index (χ1) is 8.89. The lowest BCUT2D eigenvalue weighted by atomic mass is 9.93. The van der Waals surface area contributed by atoms with Crippen LogP contribution in [0.25, 0.3) is 0 Å². The van der Waals surface area contributed by atoms with E-state index >= 15 is 0 Å². The zero-order valence-corrected chi connectivity index (χ0v) is 15.1. The monoisotopic (exact) mass is 489 g/mol. The van der Waals surface area contributed by atoms with Crippen molar-refractivity contribution in [2.24, 2.45) is 0 Å². The van der Waals surface area contributed by atoms with E-state index in [4.69, 9.17) is 0 Å². The molecule has 0 aliphatic carbocycles. The number of phenols is 1. The van der Waals surface area contributed by atoms with Crippen LogP contribution in [-0.2, 0) is 0 Å². The molecule has 0 aliphatic rings. The molecule has 0 heterocycles. The van der Waals surface area contributed by atoms with E-state index in [0.717, 1.165) is 3.57 Å².